The highest BCUT2D eigenvalue weighted by Gasteiger charge is 2.17. The van der Waals surface area contributed by atoms with Crippen LogP contribution in [-0.4, -0.2) is 22.2 Å². The maximum atomic E-state index is 12.7. The first-order valence-corrected chi connectivity index (χ1v) is 8.64. The lowest BCUT2D eigenvalue weighted by Crippen LogP contribution is -2.27. The summed E-state index contributed by atoms with van der Waals surface area (Å²) in [6.07, 6.45) is 0.955. The van der Waals surface area contributed by atoms with Crippen molar-refractivity contribution in [3.63, 3.8) is 0 Å². The number of benzene rings is 2. The van der Waals surface area contributed by atoms with Gasteiger partial charge in [-0.1, -0.05) is 62.4 Å². The average molecular weight is 333 g/mol. The predicted molar refractivity (Wildman–Crippen MR) is 101 cm³/mol. The first-order chi connectivity index (χ1) is 12.1. The van der Waals surface area contributed by atoms with Gasteiger partial charge < -0.3 is 5.32 Å². The first kappa shape index (κ1) is 17.0. The molecule has 0 spiro atoms. The van der Waals surface area contributed by atoms with Gasteiger partial charge in [-0.3, -0.25) is 4.79 Å². The van der Waals surface area contributed by atoms with Crippen LogP contribution in [0.15, 0.2) is 66.7 Å². The minimum absolute atomic E-state index is 0.0980. The van der Waals surface area contributed by atoms with E-state index >= 15 is 0 Å². The lowest BCUT2D eigenvalue weighted by atomic mass is 10.1. The Labute approximate surface area is 148 Å². The summed E-state index contributed by atoms with van der Waals surface area (Å²) >= 11 is 0. The van der Waals surface area contributed by atoms with E-state index < -0.39 is 0 Å². The van der Waals surface area contributed by atoms with Crippen LogP contribution >= 0.6 is 0 Å². The minimum atomic E-state index is -0.0980. The molecule has 25 heavy (non-hydrogen) atoms. The summed E-state index contributed by atoms with van der Waals surface area (Å²) in [6, 6.07) is 21.5. The number of rotatable bonds is 6. The van der Waals surface area contributed by atoms with Gasteiger partial charge >= 0.3 is 0 Å². The molecule has 0 radical (unpaired) electrons. The highest BCUT2D eigenvalue weighted by Crippen LogP contribution is 2.21. The van der Waals surface area contributed by atoms with E-state index in [1.807, 2.05) is 66.7 Å². The van der Waals surface area contributed by atoms with Crippen LogP contribution in [0.4, 0.5) is 0 Å². The number of hydrogen-bond donors (Lipinski definition) is 1. The second-order valence-electron chi connectivity index (χ2n) is 6.47. The third kappa shape index (κ3) is 4.15. The number of nitrogens with one attached hydrogen (secondary N) is 1. The molecule has 0 saturated carbocycles. The van der Waals surface area contributed by atoms with Gasteiger partial charge in [0.1, 0.15) is 5.69 Å². The van der Waals surface area contributed by atoms with Crippen LogP contribution in [0, 0.1) is 5.92 Å². The van der Waals surface area contributed by atoms with Gasteiger partial charge in [0.25, 0.3) is 5.91 Å². The third-order valence-corrected chi connectivity index (χ3v) is 4.02. The quantitative estimate of drug-likeness (QED) is 0.730. The second-order valence-corrected chi connectivity index (χ2v) is 6.47. The Kier molecular flexibility index (Phi) is 5.29. The van der Waals surface area contributed by atoms with Crippen molar-refractivity contribution in [1.29, 1.82) is 0 Å². The molecule has 1 amide bonds. The van der Waals surface area contributed by atoms with E-state index in [1.54, 1.807) is 4.68 Å². The zero-order chi connectivity index (χ0) is 17.6. The minimum Gasteiger partial charge on any atom is -0.351 e. The fraction of sp³-hybridized carbons (Fsp3) is 0.238. The van der Waals surface area contributed by atoms with Gasteiger partial charge in [0.15, 0.2) is 0 Å². The number of nitrogens with zero attached hydrogens (tertiary/aromatic N) is 2. The molecule has 1 N–H and O–H groups in total. The number of carbonyl (C=O) groups is 1. The molecule has 0 atom stereocenters. The Morgan fingerprint density at radius 2 is 1.68 bits per heavy atom. The first-order valence-electron chi connectivity index (χ1n) is 8.64. The fourth-order valence-electron chi connectivity index (χ4n) is 2.62. The van der Waals surface area contributed by atoms with Gasteiger partial charge in [-0.15, -0.1) is 0 Å². The van der Waals surface area contributed by atoms with Crippen LogP contribution < -0.4 is 5.32 Å². The maximum absolute atomic E-state index is 12.7. The number of carbonyl (C=O) groups excluding carboxylic acids is 1. The van der Waals surface area contributed by atoms with Gasteiger partial charge in [-0.25, -0.2) is 4.68 Å². The lowest BCUT2D eigenvalue weighted by Gasteiger charge is -2.09. The molecule has 0 bridgehead atoms. The van der Waals surface area contributed by atoms with E-state index in [1.165, 1.54) is 0 Å². The van der Waals surface area contributed by atoms with Crippen LogP contribution in [0.25, 0.3) is 16.9 Å². The highest BCUT2D eigenvalue weighted by molar-refractivity contribution is 5.94. The second kappa shape index (κ2) is 7.79. The molecule has 2 aromatic carbocycles. The van der Waals surface area contributed by atoms with E-state index in [4.69, 9.17) is 0 Å². The summed E-state index contributed by atoms with van der Waals surface area (Å²) < 4.78 is 1.72. The Bertz CT molecular complexity index is 823. The molecule has 4 nitrogen and oxygen atoms in total. The van der Waals surface area contributed by atoms with Crippen LogP contribution in [0.1, 0.15) is 30.8 Å². The molecule has 0 aliphatic rings. The van der Waals surface area contributed by atoms with E-state index in [0.29, 0.717) is 18.2 Å². The van der Waals surface area contributed by atoms with Crippen molar-refractivity contribution < 1.29 is 4.79 Å². The monoisotopic (exact) mass is 333 g/mol. The van der Waals surface area contributed by atoms with Crippen LogP contribution in [0.5, 0.6) is 0 Å². The molecule has 3 rings (SSSR count). The van der Waals surface area contributed by atoms with Crippen LogP contribution in [0.2, 0.25) is 0 Å². The topological polar surface area (TPSA) is 46.9 Å². The molecule has 0 saturated heterocycles. The molecule has 0 aliphatic heterocycles. The SMILES string of the molecule is CC(C)CCNC(=O)c1cc(-c2ccccc2)nn1-c1ccccc1. The van der Waals surface area contributed by atoms with E-state index in [9.17, 15) is 4.79 Å². The molecule has 4 heteroatoms. The Morgan fingerprint density at radius 1 is 1.04 bits per heavy atom. The molecule has 0 unspecified atom stereocenters. The lowest BCUT2D eigenvalue weighted by molar-refractivity contribution is 0.0944. The standard InChI is InChI=1S/C21H23N3O/c1-16(2)13-14-22-21(25)20-15-19(17-9-5-3-6-10-17)23-24(20)18-11-7-4-8-12-18/h3-12,15-16H,13-14H2,1-2H3,(H,22,25). The third-order valence-electron chi connectivity index (χ3n) is 4.02. The summed E-state index contributed by atoms with van der Waals surface area (Å²) in [6.45, 7) is 4.96. The molecular weight excluding hydrogens is 310 g/mol. The van der Waals surface area contributed by atoms with Crippen LogP contribution in [0.3, 0.4) is 0 Å². The molecule has 0 aliphatic carbocycles. The van der Waals surface area contributed by atoms with Crippen LogP contribution in [-0.2, 0) is 0 Å². The fourth-order valence-corrected chi connectivity index (χ4v) is 2.62. The Hall–Kier alpha value is -2.88. The maximum Gasteiger partial charge on any atom is 0.270 e. The molecule has 1 aromatic heterocycles. The summed E-state index contributed by atoms with van der Waals surface area (Å²) in [5.41, 5.74) is 3.21. The van der Waals surface area contributed by atoms with Crippen molar-refractivity contribution in [2.75, 3.05) is 6.54 Å². The number of hydrogen-bond acceptors (Lipinski definition) is 2. The van der Waals surface area contributed by atoms with Gasteiger partial charge in [-0.2, -0.15) is 5.10 Å². The summed E-state index contributed by atoms with van der Waals surface area (Å²) in [5, 5.41) is 7.68. The summed E-state index contributed by atoms with van der Waals surface area (Å²) in [4.78, 5) is 12.7. The van der Waals surface area contributed by atoms with Gasteiger partial charge in [0.05, 0.1) is 11.4 Å². The molecule has 1 heterocycles. The largest absolute Gasteiger partial charge is 0.351 e. The van der Waals surface area contributed by atoms with Crippen molar-refractivity contribution in [3.8, 4) is 16.9 Å². The Morgan fingerprint density at radius 3 is 2.32 bits per heavy atom. The van der Waals surface area contributed by atoms with Crippen molar-refractivity contribution in [2.24, 2.45) is 5.92 Å². The predicted octanol–water partition coefficient (Wildman–Crippen LogP) is 4.32. The molecule has 128 valence electrons. The van der Waals surface area contributed by atoms with Crippen molar-refractivity contribution in [1.82, 2.24) is 15.1 Å². The summed E-state index contributed by atoms with van der Waals surface area (Å²) in [5.74, 6) is 0.457. The molecule has 0 fully saturated rings. The van der Waals surface area contributed by atoms with Gasteiger partial charge in [-0.05, 0) is 30.5 Å². The smallest absolute Gasteiger partial charge is 0.270 e. The van der Waals surface area contributed by atoms with Gasteiger partial charge in [0.2, 0.25) is 0 Å². The zero-order valence-corrected chi connectivity index (χ0v) is 14.6. The van der Waals surface area contributed by atoms with Crippen molar-refractivity contribution in [3.05, 3.63) is 72.4 Å². The normalized spacial score (nSPS) is 10.8. The van der Waals surface area contributed by atoms with E-state index in [2.05, 4.69) is 24.3 Å². The summed E-state index contributed by atoms with van der Waals surface area (Å²) in [7, 11) is 0. The number of aromatic nitrogens is 2. The number of amides is 1. The van der Waals surface area contributed by atoms with Crippen molar-refractivity contribution in [2.45, 2.75) is 20.3 Å². The van der Waals surface area contributed by atoms with E-state index in [0.717, 1.165) is 23.4 Å². The molecular formula is C21H23N3O. The number of para-hydroxylation sites is 1. The highest BCUT2D eigenvalue weighted by atomic mass is 16.2. The molecule has 3 aromatic rings. The zero-order valence-electron chi connectivity index (χ0n) is 14.6. The average Bonchev–Trinajstić information content (AvgIpc) is 3.08. The Balaban J connectivity index is 1.95. The van der Waals surface area contributed by atoms with Gasteiger partial charge in [0, 0.05) is 12.1 Å². The van der Waals surface area contributed by atoms with E-state index in [-0.39, 0.29) is 5.91 Å². The van der Waals surface area contributed by atoms with Crippen molar-refractivity contribution >= 4 is 5.91 Å².